The molecule has 0 spiro atoms. The first-order valence-corrected chi connectivity index (χ1v) is 3.29. The molecule has 8 heavy (non-hydrogen) atoms. The summed E-state index contributed by atoms with van der Waals surface area (Å²) in [6.45, 7) is -0.0995. The van der Waals surface area contributed by atoms with Crippen molar-refractivity contribution in [1.82, 2.24) is 4.90 Å². The van der Waals surface area contributed by atoms with Gasteiger partial charge in [-0.15, -0.1) is 0 Å². The van der Waals surface area contributed by atoms with Gasteiger partial charge in [-0.1, -0.05) is 11.8 Å². The van der Waals surface area contributed by atoms with Crippen molar-refractivity contribution in [3.63, 3.8) is 0 Å². The van der Waals surface area contributed by atoms with Crippen LogP contribution in [0.3, 0.4) is 0 Å². The maximum absolute atomic E-state index is 12.1. The van der Waals surface area contributed by atoms with E-state index in [1.54, 1.807) is 11.9 Å². The largest absolute Gasteiger partial charge is 0.307 e. The lowest BCUT2D eigenvalue weighted by Crippen LogP contribution is -2.20. The second kappa shape index (κ2) is 1.84. The van der Waals surface area contributed by atoms with Gasteiger partial charge in [0.1, 0.15) is 0 Å². The predicted octanol–water partition coefficient (Wildman–Crippen LogP) is 1.22. The summed E-state index contributed by atoms with van der Waals surface area (Å²) in [6, 6.07) is 0. The van der Waals surface area contributed by atoms with Crippen molar-refractivity contribution < 1.29 is 8.78 Å². The van der Waals surface area contributed by atoms with Crippen LogP contribution in [0.2, 0.25) is 0 Å². The molecule has 1 aliphatic rings. The first-order valence-electron chi connectivity index (χ1n) is 2.30. The molecule has 1 rings (SSSR count). The fourth-order valence-electron chi connectivity index (χ4n) is 0.610. The molecule has 1 nitrogen and oxygen atoms in total. The van der Waals surface area contributed by atoms with Gasteiger partial charge in [-0.05, 0) is 7.05 Å². The van der Waals surface area contributed by atoms with E-state index >= 15 is 0 Å². The van der Waals surface area contributed by atoms with Gasteiger partial charge in [0.2, 0.25) is 0 Å². The summed E-state index contributed by atoms with van der Waals surface area (Å²) in [4.78, 5) is 1.60. The third-order valence-corrected chi connectivity index (χ3v) is 2.07. The minimum atomic E-state index is -2.49. The van der Waals surface area contributed by atoms with Gasteiger partial charge in [0.25, 0.3) is 0 Å². The Balaban J connectivity index is 2.44. The third-order valence-electron chi connectivity index (χ3n) is 0.950. The average Bonchev–Trinajstić information content (AvgIpc) is 1.82. The quantitative estimate of drug-likeness (QED) is 0.496. The third kappa shape index (κ3) is 1.32. The second-order valence-electron chi connectivity index (χ2n) is 1.92. The predicted molar refractivity (Wildman–Crippen MR) is 30.0 cm³/mol. The zero-order chi connectivity index (χ0) is 6.20. The number of hydrogen-bond acceptors (Lipinski definition) is 2. The van der Waals surface area contributed by atoms with Crippen LogP contribution in [0.15, 0.2) is 0 Å². The van der Waals surface area contributed by atoms with Gasteiger partial charge in [0.05, 0.1) is 12.4 Å². The summed E-state index contributed by atoms with van der Waals surface area (Å²) < 4.78 is 24.2. The Morgan fingerprint density at radius 1 is 1.62 bits per heavy atom. The van der Waals surface area contributed by atoms with Crippen molar-refractivity contribution in [2.75, 3.05) is 19.5 Å². The summed E-state index contributed by atoms with van der Waals surface area (Å²) in [5.74, 6) is 0.451. The first-order chi connectivity index (χ1) is 3.60. The molecule has 0 radical (unpaired) electrons. The van der Waals surface area contributed by atoms with E-state index in [9.17, 15) is 8.78 Å². The highest BCUT2D eigenvalue weighted by molar-refractivity contribution is 8.00. The van der Waals surface area contributed by atoms with Gasteiger partial charge >= 0.3 is 5.25 Å². The molecule has 1 fully saturated rings. The molecule has 1 aliphatic heterocycles. The Kier molecular flexibility index (Phi) is 1.45. The molecule has 1 heterocycles. The molecule has 48 valence electrons. The summed E-state index contributed by atoms with van der Waals surface area (Å²) in [5, 5.41) is -2.49. The number of nitrogens with zero attached hydrogens (tertiary/aromatic N) is 1. The van der Waals surface area contributed by atoms with Gasteiger partial charge in [-0.3, -0.25) is 4.90 Å². The summed E-state index contributed by atoms with van der Waals surface area (Å²) in [6.07, 6.45) is 0. The zero-order valence-electron chi connectivity index (χ0n) is 4.53. The summed E-state index contributed by atoms with van der Waals surface area (Å²) in [7, 11) is 1.69. The fourth-order valence-corrected chi connectivity index (χ4v) is 1.42. The van der Waals surface area contributed by atoms with Crippen LogP contribution < -0.4 is 0 Å². The Morgan fingerprint density at radius 3 is 2.38 bits per heavy atom. The second-order valence-corrected chi connectivity index (χ2v) is 3.07. The standard InChI is InChI=1S/C4H7F2NS/c1-7-2-4(5,6)8-3-7/h2-3H2,1H3. The number of rotatable bonds is 0. The minimum absolute atomic E-state index is 0.0995. The smallest absolute Gasteiger partial charge is 0.290 e. The lowest BCUT2D eigenvalue weighted by molar-refractivity contribution is 0.0879. The van der Waals surface area contributed by atoms with E-state index in [4.69, 9.17) is 0 Å². The highest BCUT2D eigenvalue weighted by Crippen LogP contribution is 2.35. The number of alkyl halides is 2. The molecule has 0 amide bonds. The van der Waals surface area contributed by atoms with Gasteiger partial charge in [0, 0.05) is 0 Å². The lowest BCUT2D eigenvalue weighted by atomic mass is 10.6. The molecule has 0 N–H and O–H groups in total. The normalized spacial score (nSPS) is 28.9. The van der Waals surface area contributed by atoms with Gasteiger partial charge < -0.3 is 0 Å². The molecule has 0 aromatic carbocycles. The van der Waals surface area contributed by atoms with E-state index < -0.39 is 5.25 Å². The topological polar surface area (TPSA) is 3.24 Å². The van der Waals surface area contributed by atoms with E-state index in [2.05, 4.69) is 0 Å². The highest BCUT2D eigenvalue weighted by Gasteiger charge is 2.37. The van der Waals surface area contributed by atoms with E-state index in [-0.39, 0.29) is 6.54 Å². The molecule has 0 aromatic rings. The van der Waals surface area contributed by atoms with Crippen LogP contribution in [-0.4, -0.2) is 29.6 Å². The maximum Gasteiger partial charge on any atom is 0.307 e. The van der Waals surface area contributed by atoms with Crippen molar-refractivity contribution in [3.05, 3.63) is 0 Å². The molecule has 0 aromatic heterocycles. The van der Waals surface area contributed by atoms with E-state index in [1.165, 1.54) is 0 Å². The van der Waals surface area contributed by atoms with E-state index in [0.717, 1.165) is 0 Å². The molecule has 0 unspecified atom stereocenters. The monoisotopic (exact) mass is 139 g/mol. The molecule has 1 saturated heterocycles. The van der Waals surface area contributed by atoms with Gasteiger partial charge in [-0.2, -0.15) is 8.78 Å². The van der Waals surface area contributed by atoms with Crippen LogP contribution in [0.5, 0.6) is 0 Å². The van der Waals surface area contributed by atoms with Crippen molar-refractivity contribution in [2.45, 2.75) is 5.25 Å². The molecular formula is C4H7F2NS. The molecule has 4 heteroatoms. The van der Waals surface area contributed by atoms with Crippen LogP contribution >= 0.6 is 11.8 Å². The van der Waals surface area contributed by atoms with Gasteiger partial charge in [0.15, 0.2) is 0 Å². The number of halogens is 2. The number of hydrogen-bond donors (Lipinski definition) is 0. The first kappa shape index (κ1) is 6.29. The Labute approximate surface area is 51.0 Å². The molecule has 0 saturated carbocycles. The molecule has 0 atom stereocenters. The Morgan fingerprint density at radius 2 is 2.25 bits per heavy atom. The van der Waals surface area contributed by atoms with Crippen molar-refractivity contribution in [3.8, 4) is 0 Å². The fraction of sp³-hybridized carbons (Fsp3) is 1.00. The Hall–Kier alpha value is 0.170. The maximum atomic E-state index is 12.1. The minimum Gasteiger partial charge on any atom is -0.290 e. The molecular weight excluding hydrogens is 132 g/mol. The lowest BCUT2D eigenvalue weighted by Gasteiger charge is -2.05. The van der Waals surface area contributed by atoms with Crippen molar-refractivity contribution >= 4 is 11.8 Å². The highest BCUT2D eigenvalue weighted by atomic mass is 32.2. The zero-order valence-corrected chi connectivity index (χ0v) is 5.34. The van der Waals surface area contributed by atoms with Crippen LogP contribution in [-0.2, 0) is 0 Å². The van der Waals surface area contributed by atoms with Crippen molar-refractivity contribution in [1.29, 1.82) is 0 Å². The van der Waals surface area contributed by atoms with Crippen molar-refractivity contribution in [2.24, 2.45) is 0 Å². The average molecular weight is 139 g/mol. The van der Waals surface area contributed by atoms with Crippen LogP contribution in [0.25, 0.3) is 0 Å². The molecule has 0 aliphatic carbocycles. The SMILES string of the molecule is CN1CSC(F)(F)C1. The van der Waals surface area contributed by atoms with E-state index in [1.807, 2.05) is 0 Å². The summed E-state index contributed by atoms with van der Waals surface area (Å²) in [5.41, 5.74) is 0. The van der Waals surface area contributed by atoms with Gasteiger partial charge in [-0.25, -0.2) is 0 Å². The Bertz CT molecular complexity index is 96.0. The van der Waals surface area contributed by atoms with Crippen LogP contribution in [0.4, 0.5) is 8.78 Å². The van der Waals surface area contributed by atoms with E-state index in [0.29, 0.717) is 17.6 Å². The molecule has 0 bridgehead atoms. The van der Waals surface area contributed by atoms with Crippen LogP contribution in [0, 0.1) is 0 Å². The summed E-state index contributed by atoms with van der Waals surface area (Å²) >= 11 is 0.700. The number of thioether (sulfide) groups is 1. The van der Waals surface area contributed by atoms with Crippen LogP contribution in [0.1, 0.15) is 0 Å².